The Morgan fingerprint density at radius 1 is 0.333 bits per heavy atom. The first-order valence-corrected chi connectivity index (χ1v) is 20.2. The van der Waals surface area contributed by atoms with Crippen LogP contribution in [0.2, 0.25) is 0 Å². The summed E-state index contributed by atoms with van der Waals surface area (Å²) in [6, 6.07) is 0. The summed E-state index contributed by atoms with van der Waals surface area (Å²) in [5.74, 6) is 0. The highest BCUT2D eigenvalue weighted by molar-refractivity contribution is 8.76. The van der Waals surface area contributed by atoms with E-state index in [-0.39, 0.29) is 0 Å². The molecule has 0 aromatic rings. The van der Waals surface area contributed by atoms with Gasteiger partial charge in [-0.25, -0.2) is 0 Å². The molecule has 24 valence electrons. The molecule has 0 amide bonds. The van der Waals surface area contributed by atoms with Gasteiger partial charge in [-0.2, -0.15) is 0 Å². The van der Waals surface area contributed by atoms with Gasteiger partial charge in [0.05, 0.1) is 0 Å². The molecule has 6 heavy (non-hydrogen) atoms. The van der Waals surface area contributed by atoms with Crippen LogP contribution in [0.4, 0.5) is 0 Å². The summed E-state index contributed by atoms with van der Waals surface area (Å²) in [5, 5.41) is 0. The van der Waals surface area contributed by atoms with E-state index in [4.69, 9.17) is 0 Å². The summed E-state index contributed by atoms with van der Waals surface area (Å²) in [6.45, 7) is 0. The summed E-state index contributed by atoms with van der Waals surface area (Å²) in [6.07, 6.45) is 0. The monoisotopic (exact) mass is 168 g/mol. The number of rotatable bonds is 0. The molecule has 5 heterocycles. The normalized spacial score (nSPS) is 54.0. The molecule has 0 unspecified atom stereocenters. The molecule has 0 saturated carbocycles. The quantitative estimate of drug-likeness (QED) is 0.358. The van der Waals surface area contributed by atoms with Gasteiger partial charge in [-0.1, -0.05) is 0 Å². The van der Waals surface area contributed by atoms with Crippen LogP contribution in [0.3, 0.4) is 0 Å². The lowest BCUT2D eigenvalue weighted by atomic mass is 26.1. The second-order valence-electron chi connectivity index (χ2n) is 2.25. The Kier molecular flexibility index (Phi) is 0.216. The van der Waals surface area contributed by atoms with Crippen LogP contribution in [0.5, 0.6) is 0 Å². The molecular weight excluding hydrogens is 169 g/mol. The van der Waals surface area contributed by atoms with Crippen LogP contribution in [-0.4, -0.2) is 44.1 Å². The summed E-state index contributed by atoms with van der Waals surface area (Å²) in [4.78, 5) is 0. The summed E-state index contributed by atoms with van der Waals surface area (Å²) >= 11 is 0. The zero-order chi connectivity index (χ0) is 3.46. The molecule has 5 saturated heterocycles. The highest BCUT2D eigenvalue weighted by Crippen LogP contribution is 2.62. The van der Waals surface area contributed by atoms with Gasteiger partial charge < -0.3 is 0 Å². The van der Waals surface area contributed by atoms with Gasteiger partial charge in [-0.05, 0) is 0 Å². The Bertz CT molecular complexity index is 75.1. The lowest BCUT2D eigenvalue weighted by molar-refractivity contribution is 3.75. The predicted octanol–water partition coefficient (Wildman–Crippen LogP) is -2.28. The molecule has 5 rings (SSSR count). The molecule has 6 radical (unpaired) electrons. The zero-order valence-corrected chi connectivity index (χ0v) is 9.00. The van der Waals surface area contributed by atoms with Crippen LogP contribution < -0.4 is 0 Å². The van der Waals surface area contributed by atoms with Gasteiger partial charge in [0, 0.05) is 44.1 Å². The molecule has 0 atom stereocenters. The van der Waals surface area contributed by atoms with Gasteiger partial charge in [-0.3, -0.25) is 0 Å². The Morgan fingerprint density at radius 3 is 0.667 bits per heavy atom. The van der Waals surface area contributed by atoms with Crippen molar-refractivity contribution < 1.29 is 0 Å². The number of hydrogen-bond donors (Lipinski definition) is 0. The van der Waals surface area contributed by atoms with E-state index in [9.17, 15) is 0 Å². The van der Waals surface area contributed by atoms with Crippen molar-refractivity contribution in [2.75, 3.05) is 0 Å². The van der Waals surface area contributed by atoms with Crippen LogP contribution in [0.25, 0.3) is 0 Å². The van der Waals surface area contributed by atoms with Gasteiger partial charge in [0.15, 0.2) is 0 Å². The third kappa shape index (κ3) is 0.0884. The van der Waals surface area contributed by atoms with Gasteiger partial charge in [0.2, 0.25) is 0 Å². The van der Waals surface area contributed by atoms with Crippen molar-refractivity contribution >= 4 is 44.1 Å². The van der Waals surface area contributed by atoms with Crippen LogP contribution in [-0.2, 0) is 0 Å². The largest absolute Gasteiger partial charge is 0 e. The number of hydrogen-bond acceptors (Lipinski definition) is 0. The predicted molar refractivity (Wildman–Crippen MR) is 34.5 cm³/mol. The van der Waals surface area contributed by atoms with Gasteiger partial charge >= 0.3 is 0 Å². The summed E-state index contributed by atoms with van der Waals surface area (Å²) in [7, 11) is 5.56. The standard InChI is InChI=1S/Si6/c1-2-3(1)6-4(1)5(2)6. The molecule has 0 spiro atoms. The smallest absolute Gasteiger partial charge is 0 e. The minimum Gasteiger partial charge on any atom is 0 e. The lowest BCUT2D eigenvalue weighted by Gasteiger charge is -2.00. The molecule has 5 aliphatic rings. The first kappa shape index (κ1) is 2.73. The fourth-order valence-electron chi connectivity index (χ4n) is 1.69. The third-order valence-corrected chi connectivity index (χ3v) is 159. The van der Waals surface area contributed by atoms with Crippen LogP contribution >= 0.6 is 0 Å². The van der Waals surface area contributed by atoms with Crippen molar-refractivity contribution in [1.29, 1.82) is 0 Å². The average Bonchev–Trinajstić information content (AvgIpc) is 1.64. The molecular formula is Si6. The lowest BCUT2D eigenvalue weighted by Crippen LogP contribution is -2.38. The molecule has 0 N–H and O–H groups in total. The fourth-order valence-corrected chi connectivity index (χ4v) is 380. The van der Waals surface area contributed by atoms with Gasteiger partial charge in [0.1, 0.15) is 0 Å². The van der Waals surface area contributed by atoms with Crippen molar-refractivity contribution in [2.24, 2.45) is 0 Å². The maximum atomic E-state index is 0.926. The van der Waals surface area contributed by atoms with Crippen molar-refractivity contribution in [3.63, 3.8) is 0 Å². The van der Waals surface area contributed by atoms with E-state index in [1.165, 1.54) is 0 Å². The van der Waals surface area contributed by atoms with Gasteiger partial charge in [0.25, 0.3) is 0 Å². The minimum atomic E-state index is 0.926. The first-order valence-electron chi connectivity index (χ1n) is 2.25. The van der Waals surface area contributed by atoms with E-state index in [0.29, 0.717) is 0 Å². The van der Waals surface area contributed by atoms with E-state index in [1.807, 2.05) is 0 Å². The molecule has 5 fully saturated rings. The van der Waals surface area contributed by atoms with Crippen LogP contribution in [0.15, 0.2) is 0 Å². The molecule has 0 aliphatic carbocycles. The molecule has 0 bridgehead atoms. The average molecular weight is 169 g/mol. The van der Waals surface area contributed by atoms with E-state index in [2.05, 4.69) is 0 Å². The second-order valence-corrected chi connectivity index (χ2v) is 60.8. The van der Waals surface area contributed by atoms with E-state index < -0.39 is 0 Å². The highest BCUT2D eigenvalue weighted by Gasteiger charge is 3.00. The maximum Gasteiger partial charge on any atom is 0 e. The third-order valence-electron chi connectivity index (χ3n) is 2.12. The van der Waals surface area contributed by atoms with Gasteiger partial charge in [-0.15, -0.1) is 0 Å². The topological polar surface area (TPSA) is 0 Å². The van der Waals surface area contributed by atoms with Crippen molar-refractivity contribution in [2.45, 2.75) is 0 Å². The molecule has 0 aromatic heterocycles. The fraction of sp³-hybridized carbons (Fsp3) is 0. The molecule has 5 aliphatic heterocycles. The first-order chi connectivity index (χ1) is 3.00. The Morgan fingerprint density at radius 2 is 0.500 bits per heavy atom. The van der Waals surface area contributed by atoms with E-state index >= 15 is 0 Å². The highest BCUT2D eigenvalue weighted by atomic mass is 31.1. The zero-order valence-electron chi connectivity index (χ0n) is 3.00. The summed E-state index contributed by atoms with van der Waals surface area (Å²) < 4.78 is 0. The summed E-state index contributed by atoms with van der Waals surface area (Å²) in [5.41, 5.74) is 0. The van der Waals surface area contributed by atoms with Crippen molar-refractivity contribution in [1.82, 2.24) is 0 Å². The minimum absolute atomic E-state index is 0.926. The molecule has 0 nitrogen and oxygen atoms in total. The Labute approximate surface area is 44.3 Å². The SMILES string of the molecule is [Si]12[Si]3[Si]1[Si]1[Si]2[Si]31. The maximum absolute atomic E-state index is 0.926. The Hall–Kier alpha value is 1.30. The van der Waals surface area contributed by atoms with Crippen LogP contribution in [0.1, 0.15) is 0 Å². The van der Waals surface area contributed by atoms with Crippen LogP contribution in [0, 0.1) is 0 Å². The van der Waals surface area contributed by atoms with Crippen molar-refractivity contribution in [3.8, 4) is 0 Å². The van der Waals surface area contributed by atoms with E-state index in [1.54, 1.807) is 0 Å². The molecule has 6 heteroatoms. The second kappa shape index (κ2) is 0.475. The molecule has 0 aromatic carbocycles. The van der Waals surface area contributed by atoms with E-state index in [0.717, 1.165) is 44.1 Å². The Balaban J connectivity index is 2.31. The van der Waals surface area contributed by atoms with Crippen molar-refractivity contribution in [3.05, 3.63) is 0 Å².